The van der Waals surface area contributed by atoms with Crippen molar-refractivity contribution in [2.45, 2.75) is 65.8 Å². The molecule has 0 spiro atoms. The third kappa shape index (κ3) is 2.83. The Hall–Kier alpha value is -3.17. The highest BCUT2D eigenvalue weighted by Crippen LogP contribution is 2.45. The van der Waals surface area contributed by atoms with Crippen molar-refractivity contribution >= 4 is 28.8 Å². The van der Waals surface area contributed by atoms with E-state index in [0.717, 1.165) is 0 Å². The molecule has 4 heterocycles. The highest BCUT2D eigenvalue weighted by Gasteiger charge is 2.56. The maximum atomic E-state index is 13.4. The van der Waals surface area contributed by atoms with Crippen molar-refractivity contribution < 1.29 is 24.6 Å². The van der Waals surface area contributed by atoms with Gasteiger partial charge in [-0.2, -0.15) is 0 Å². The molecule has 0 saturated heterocycles. The smallest absolute Gasteiger partial charge is 0.190 e. The Morgan fingerprint density at radius 1 is 0.706 bits per heavy atom. The summed E-state index contributed by atoms with van der Waals surface area (Å²) in [6.07, 6.45) is -2.78. The van der Waals surface area contributed by atoms with Crippen LogP contribution < -0.4 is 10.6 Å². The molecule has 5 aliphatic rings. The lowest BCUT2D eigenvalue weighted by Crippen LogP contribution is -2.38. The van der Waals surface area contributed by atoms with Gasteiger partial charge in [0.2, 0.25) is 0 Å². The average Bonchev–Trinajstić information content (AvgIpc) is 3.34. The SMILES string of the molecule is CC1=NC2C(=O)C(C)=C(C)NC2=C1C1C(=O)C(O)C(C2=C3NC(C)=C(C)C(=O)C3N=C2C)C1O. The molecule has 0 bridgehead atoms. The van der Waals surface area contributed by atoms with E-state index >= 15 is 0 Å². The molecule has 0 radical (unpaired) electrons. The van der Waals surface area contributed by atoms with Gasteiger partial charge < -0.3 is 20.8 Å². The van der Waals surface area contributed by atoms with Gasteiger partial charge in [0.05, 0.1) is 23.4 Å². The molecule has 6 atom stereocenters. The second-order valence-corrected chi connectivity index (χ2v) is 9.71. The van der Waals surface area contributed by atoms with Crippen molar-refractivity contribution in [3.05, 3.63) is 45.1 Å². The first-order valence-corrected chi connectivity index (χ1v) is 11.4. The van der Waals surface area contributed by atoms with Crippen LogP contribution in [0, 0.1) is 11.8 Å². The number of nitrogens with one attached hydrogen (secondary N) is 2. The highest BCUT2D eigenvalue weighted by atomic mass is 16.3. The molecule has 1 fully saturated rings. The van der Waals surface area contributed by atoms with Crippen LogP contribution in [0.3, 0.4) is 0 Å². The van der Waals surface area contributed by atoms with Gasteiger partial charge in [-0.15, -0.1) is 0 Å². The largest absolute Gasteiger partial charge is 0.391 e. The number of nitrogens with zero attached hydrogens (tertiary/aromatic N) is 2. The summed E-state index contributed by atoms with van der Waals surface area (Å²) in [5, 5.41) is 29.0. The molecule has 9 nitrogen and oxygen atoms in total. The number of fused-ring (bicyclic) bond motifs is 2. The summed E-state index contributed by atoms with van der Waals surface area (Å²) in [5.41, 5.74) is 5.45. The van der Waals surface area contributed by atoms with E-state index in [-0.39, 0.29) is 11.6 Å². The number of carbonyl (C=O) groups excluding carboxylic acids is 3. The second kappa shape index (κ2) is 7.41. The van der Waals surface area contributed by atoms with Crippen LogP contribution in [0.5, 0.6) is 0 Å². The fourth-order valence-corrected chi connectivity index (χ4v) is 5.74. The van der Waals surface area contributed by atoms with Gasteiger partial charge >= 0.3 is 0 Å². The van der Waals surface area contributed by atoms with Gasteiger partial charge in [0.25, 0.3) is 0 Å². The van der Waals surface area contributed by atoms with E-state index in [1.54, 1.807) is 41.5 Å². The zero-order valence-electron chi connectivity index (χ0n) is 20.0. The topological polar surface area (TPSA) is 140 Å². The monoisotopic (exact) mass is 464 g/mol. The molecule has 34 heavy (non-hydrogen) atoms. The van der Waals surface area contributed by atoms with Gasteiger partial charge in [-0.3, -0.25) is 24.4 Å². The first-order valence-electron chi connectivity index (χ1n) is 11.4. The molecule has 1 saturated carbocycles. The molecular formula is C25H28N4O5. The first-order chi connectivity index (χ1) is 16.0. The zero-order valence-corrected chi connectivity index (χ0v) is 20.0. The van der Waals surface area contributed by atoms with Crippen molar-refractivity contribution in [3.8, 4) is 0 Å². The second-order valence-electron chi connectivity index (χ2n) is 9.71. The molecule has 4 N–H and O–H groups in total. The van der Waals surface area contributed by atoms with Crippen LogP contribution in [0.2, 0.25) is 0 Å². The number of Topliss-reactive ketones (excluding diaryl/α,β-unsaturated/α-hetero) is 3. The lowest BCUT2D eigenvalue weighted by atomic mass is 9.83. The van der Waals surface area contributed by atoms with Crippen molar-refractivity contribution in [3.63, 3.8) is 0 Å². The summed E-state index contributed by atoms with van der Waals surface area (Å²) >= 11 is 0. The van der Waals surface area contributed by atoms with Gasteiger partial charge in [-0.25, -0.2) is 0 Å². The summed E-state index contributed by atoms with van der Waals surface area (Å²) in [6, 6.07) is -1.54. The fraction of sp³-hybridized carbons (Fsp3) is 0.480. The predicted molar refractivity (Wildman–Crippen MR) is 125 cm³/mol. The van der Waals surface area contributed by atoms with Crippen LogP contribution in [-0.2, 0) is 14.4 Å². The molecular weight excluding hydrogens is 436 g/mol. The molecule has 0 aromatic carbocycles. The van der Waals surface area contributed by atoms with E-state index in [9.17, 15) is 24.6 Å². The van der Waals surface area contributed by atoms with E-state index in [1.165, 1.54) is 0 Å². The Bertz CT molecular complexity index is 1280. The van der Waals surface area contributed by atoms with Crippen molar-refractivity contribution in [1.82, 2.24) is 10.6 Å². The summed E-state index contributed by atoms with van der Waals surface area (Å²) < 4.78 is 0. The number of hydrogen-bond acceptors (Lipinski definition) is 9. The molecule has 6 unspecified atom stereocenters. The fourth-order valence-electron chi connectivity index (χ4n) is 5.74. The number of rotatable bonds is 2. The molecule has 5 rings (SSSR count). The number of carbonyl (C=O) groups is 3. The number of allylic oxidation sites excluding steroid dienone is 2. The Morgan fingerprint density at radius 3 is 1.65 bits per heavy atom. The Kier molecular flexibility index (Phi) is 4.93. The molecule has 0 aromatic heterocycles. The maximum Gasteiger partial charge on any atom is 0.190 e. The minimum Gasteiger partial charge on any atom is -0.391 e. The van der Waals surface area contributed by atoms with Crippen LogP contribution in [-0.4, -0.2) is 63.3 Å². The quantitative estimate of drug-likeness (QED) is 0.470. The van der Waals surface area contributed by atoms with Crippen molar-refractivity contribution in [1.29, 1.82) is 0 Å². The van der Waals surface area contributed by atoms with Crippen LogP contribution in [0.25, 0.3) is 0 Å². The standard InChI is InChI=1S/C25H28N4O5/c1-7-9(3)26-17-13(11(5)28-19(17)21(7)30)15-23(32)16(25(34)24(15)33)14-12(6)29-20-18(14)27-10(4)8(2)22(20)31/h15-16,19-20,23-24,26-27,32-33H,1-6H3. The first kappa shape index (κ1) is 22.6. The summed E-state index contributed by atoms with van der Waals surface area (Å²) in [7, 11) is 0. The maximum absolute atomic E-state index is 13.4. The molecule has 4 aliphatic heterocycles. The molecule has 178 valence electrons. The van der Waals surface area contributed by atoms with Crippen molar-refractivity contribution in [2.75, 3.05) is 0 Å². The summed E-state index contributed by atoms with van der Waals surface area (Å²) in [4.78, 5) is 48.0. The van der Waals surface area contributed by atoms with Gasteiger partial charge in [0.1, 0.15) is 6.10 Å². The van der Waals surface area contributed by atoms with E-state index in [2.05, 4.69) is 20.6 Å². The highest BCUT2D eigenvalue weighted by molar-refractivity contribution is 6.15. The molecule has 0 amide bonds. The Balaban J connectivity index is 1.60. The Morgan fingerprint density at radius 2 is 1.15 bits per heavy atom. The minimum atomic E-state index is -1.49. The lowest BCUT2D eigenvalue weighted by molar-refractivity contribution is -0.127. The van der Waals surface area contributed by atoms with Crippen LogP contribution >= 0.6 is 0 Å². The third-order valence-electron chi connectivity index (χ3n) is 7.85. The predicted octanol–water partition coefficient (Wildman–Crippen LogP) is 0.650. The van der Waals surface area contributed by atoms with E-state index in [4.69, 9.17) is 0 Å². The Labute approximate surface area is 197 Å². The summed E-state index contributed by atoms with van der Waals surface area (Å²) in [5.74, 6) is -2.85. The zero-order chi connectivity index (χ0) is 24.8. The van der Waals surface area contributed by atoms with Gasteiger partial charge in [-0.05, 0) is 41.5 Å². The minimum absolute atomic E-state index is 0.139. The number of aliphatic hydroxyl groups is 2. The van der Waals surface area contributed by atoms with Gasteiger partial charge in [0, 0.05) is 51.0 Å². The molecule has 0 aromatic rings. The van der Waals surface area contributed by atoms with E-state index in [1.807, 2.05) is 0 Å². The van der Waals surface area contributed by atoms with E-state index < -0.39 is 41.9 Å². The molecule has 9 heteroatoms. The van der Waals surface area contributed by atoms with E-state index in [0.29, 0.717) is 56.5 Å². The van der Waals surface area contributed by atoms with Gasteiger partial charge in [-0.1, -0.05) is 0 Å². The third-order valence-corrected chi connectivity index (χ3v) is 7.85. The number of aliphatic hydroxyl groups excluding tert-OH is 2. The number of aliphatic imine (C=N–C) groups is 2. The lowest BCUT2D eigenvalue weighted by Gasteiger charge is -2.28. The number of hydrogen-bond donors (Lipinski definition) is 4. The normalized spacial score (nSPS) is 35.6. The molecule has 1 aliphatic carbocycles. The van der Waals surface area contributed by atoms with Crippen LogP contribution in [0.1, 0.15) is 41.5 Å². The van der Waals surface area contributed by atoms with Crippen LogP contribution in [0.4, 0.5) is 0 Å². The average molecular weight is 465 g/mol. The van der Waals surface area contributed by atoms with Gasteiger partial charge in [0.15, 0.2) is 29.4 Å². The number of ketones is 3. The van der Waals surface area contributed by atoms with Crippen molar-refractivity contribution in [2.24, 2.45) is 21.8 Å². The van der Waals surface area contributed by atoms with Crippen LogP contribution in [0.15, 0.2) is 55.1 Å². The summed E-state index contributed by atoms with van der Waals surface area (Å²) in [6.45, 7) is 10.4.